The fourth-order valence-corrected chi connectivity index (χ4v) is 2.15. The molecule has 23 heavy (non-hydrogen) atoms. The predicted octanol–water partition coefficient (Wildman–Crippen LogP) is 3.12. The molecule has 0 bridgehead atoms. The van der Waals surface area contributed by atoms with Gasteiger partial charge < -0.3 is 14.6 Å². The standard InChI is InChI=1S/C18H19NO4/c1-22-16-10-6-9-14(18(16)21)12-19-15(11-17(20)23-2)13-7-4-3-5-8-13/h3-10,12,15,21H,11H2,1-2H3/t15-/m0/s1. The van der Waals surface area contributed by atoms with Crippen molar-refractivity contribution in [2.24, 2.45) is 4.99 Å². The zero-order chi connectivity index (χ0) is 16.7. The minimum Gasteiger partial charge on any atom is -0.504 e. The van der Waals surface area contributed by atoms with Crippen LogP contribution in [0.15, 0.2) is 53.5 Å². The Morgan fingerprint density at radius 1 is 1.17 bits per heavy atom. The first-order valence-corrected chi connectivity index (χ1v) is 7.16. The lowest BCUT2D eigenvalue weighted by molar-refractivity contribution is -0.141. The van der Waals surface area contributed by atoms with Crippen molar-refractivity contribution < 1.29 is 19.4 Å². The highest BCUT2D eigenvalue weighted by Crippen LogP contribution is 2.29. The van der Waals surface area contributed by atoms with Crippen LogP contribution in [0.1, 0.15) is 23.6 Å². The van der Waals surface area contributed by atoms with Crippen molar-refractivity contribution in [2.45, 2.75) is 12.5 Å². The van der Waals surface area contributed by atoms with Crippen LogP contribution in [0.5, 0.6) is 11.5 Å². The molecule has 5 nitrogen and oxygen atoms in total. The molecule has 5 heteroatoms. The minimum absolute atomic E-state index is 0.0172. The van der Waals surface area contributed by atoms with Crippen LogP contribution in [-0.4, -0.2) is 31.5 Å². The molecule has 0 unspecified atom stereocenters. The van der Waals surface area contributed by atoms with Gasteiger partial charge in [-0.2, -0.15) is 0 Å². The molecule has 0 spiro atoms. The number of hydrogen-bond acceptors (Lipinski definition) is 5. The van der Waals surface area contributed by atoms with E-state index in [1.807, 2.05) is 30.3 Å². The Morgan fingerprint density at radius 3 is 2.57 bits per heavy atom. The fourth-order valence-electron chi connectivity index (χ4n) is 2.15. The van der Waals surface area contributed by atoms with Gasteiger partial charge in [0.1, 0.15) is 0 Å². The Bertz CT molecular complexity index is 683. The number of phenolic OH excluding ortho intramolecular Hbond substituents is 1. The van der Waals surface area contributed by atoms with Gasteiger partial charge in [0.2, 0.25) is 0 Å². The van der Waals surface area contributed by atoms with E-state index < -0.39 is 0 Å². The number of aliphatic imine (C=N–C) groups is 1. The summed E-state index contributed by atoms with van der Waals surface area (Å²) in [6.07, 6.45) is 1.67. The van der Waals surface area contributed by atoms with Crippen molar-refractivity contribution in [1.82, 2.24) is 0 Å². The first kappa shape index (κ1) is 16.5. The molecule has 0 aromatic heterocycles. The first-order valence-electron chi connectivity index (χ1n) is 7.16. The van der Waals surface area contributed by atoms with E-state index in [9.17, 15) is 9.90 Å². The van der Waals surface area contributed by atoms with Crippen molar-refractivity contribution in [3.05, 3.63) is 59.7 Å². The summed E-state index contributed by atoms with van der Waals surface area (Å²) in [5.74, 6) is 0.0488. The Hall–Kier alpha value is -2.82. The number of para-hydroxylation sites is 1. The molecule has 0 saturated heterocycles. The number of ether oxygens (including phenoxy) is 2. The van der Waals surface area contributed by atoms with Gasteiger partial charge in [-0.3, -0.25) is 9.79 Å². The molecule has 0 aliphatic heterocycles. The van der Waals surface area contributed by atoms with Crippen LogP contribution in [0.2, 0.25) is 0 Å². The summed E-state index contributed by atoms with van der Waals surface area (Å²) < 4.78 is 9.81. The molecule has 0 heterocycles. The van der Waals surface area contributed by atoms with E-state index in [0.29, 0.717) is 11.3 Å². The number of esters is 1. The topological polar surface area (TPSA) is 68.1 Å². The Kier molecular flexibility index (Phi) is 5.74. The van der Waals surface area contributed by atoms with E-state index >= 15 is 0 Å². The van der Waals surface area contributed by atoms with Gasteiger partial charge in [0.05, 0.1) is 26.7 Å². The van der Waals surface area contributed by atoms with Crippen LogP contribution in [0, 0.1) is 0 Å². The smallest absolute Gasteiger partial charge is 0.308 e. The van der Waals surface area contributed by atoms with Crippen molar-refractivity contribution >= 4 is 12.2 Å². The maximum atomic E-state index is 11.6. The van der Waals surface area contributed by atoms with E-state index in [-0.39, 0.29) is 24.2 Å². The first-order chi connectivity index (χ1) is 11.2. The number of methoxy groups -OCH3 is 2. The second kappa shape index (κ2) is 7.98. The number of nitrogens with zero attached hydrogens (tertiary/aromatic N) is 1. The number of benzene rings is 2. The van der Waals surface area contributed by atoms with E-state index in [1.54, 1.807) is 24.4 Å². The third kappa shape index (κ3) is 4.32. The number of rotatable bonds is 6. The molecule has 1 N–H and O–H groups in total. The third-order valence-electron chi connectivity index (χ3n) is 3.42. The highest BCUT2D eigenvalue weighted by molar-refractivity contribution is 5.85. The molecule has 0 aliphatic rings. The third-order valence-corrected chi connectivity index (χ3v) is 3.42. The molecule has 120 valence electrons. The summed E-state index contributed by atoms with van der Waals surface area (Å²) in [5, 5.41) is 10.1. The SMILES string of the molecule is COC(=O)C[C@H](N=Cc1cccc(OC)c1O)c1ccccc1. The van der Waals surface area contributed by atoms with Gasteiger partial charge in [-0.05, 0) is 17.7 Å². The lowest BCUT2D eigenvalue weighted by atomic mass is 10.0. The summed E-state index contributed by atoms with van der Waals surface area (Å²) in [6, 6.07) is 14.2. The molecule has 2 aromatic carbocycles. The lowest BCUT2D eigenvalue weighted by Gasteiger charge is -2.12. The number of aromatic hydroxyl groups is 1. The molecular formula is C18H19NO4. The highest BCUT2D eigenvalue weighted by atomic mass is 16.5. The van der Waals surface area contributed by atoms with Gasteiger partial charge >= 0.3 is 5.97 Å². The minimum atomic E-state index is -0.380. The van der Waals surface area contributed by atoms with Gasteiger partial charge in [-0.15, -0.1) is 0 Å². The molecule has 0 aliphatic carbocycles. The zero-order valence-electron chi connectivity index (χ0n) is 13.1. The number of carbonyl (C=O) groups is 1. The van der Waals surface area contributed by atoms with Gasteiger partial charge in [-0.1, -0.05) is 36.4 Å². The second-order valence-corrected chi connectivity index (χ2v) is 4.88. The van der Waals surface area contributed by atoms with Gasteiger partial charge in [-0.25, -0.2) is 0 Å². The monoisotopic (exact) mass is 313 g/mol. The number of carbonyl (C=O) groups excluding carboxylic acids is 1. The molecule has 2 rings (SSSR count). The average molecular weight is 313 g/mol. The quantitative estimate of drug-likeness (QED) is 0.657. The predicted molar refractivity (Wildman–Crippen MR) is 88.1 cm³/mol. The largest absolute Gasteiger partial charge is 0.504 e. The van der Waals surface area contributed by atoms with Crippen molar-refractivity contribution in [1.29, 1.82) is 0 Å². The Morgan fingerprint density at radius 2 is 1.91 bits per heavy atom. The molecular weight excluding hydrogens is 294 g/mol. The highest BCUT2D eigenvalue weighted by Gasteiger charge is 2.15. The summed E-state index contributed by atoms with van der Waals surface area (Å²) in [4.78, 5) is 16.1. The summed E-state index contributed by atoms with van der Waals surface area (Å²) in [6.45, 7) is 0. The van der Waals surface area contributed by atoms with Crippen molar-refractivity contribution in [2.75, 3.05) is 14.2 Å². The number of phenols is 1. The van der Waals surface area contributed by atoms with E-state index in [0.717, 1.165) is 5.56 Å². The molecule has 1 atom stereocenters. The van der Waals surface area contributed by atoms with Gasteiger partial charge in [0, 0.05) is 11.8 Å². The molecule has 2 aromatic rings. The lowest BCUT2D eigenvalue weighted by Crippen LogP contribution is -2.07. The van der Waals surface area contributed by atoms with E-state index in [2.05, 4.69) is 4.99 Å². The number of hydrogen-bond donors (Lipinski definition) is 1. The van der Waals surface area contributed by atoms with Crippen LogP contribution in [0.3, 0.4) is 0 Å². The van der Waals surface area contributed by atoms with Crippen LogP contribution in [0.25, 0.3) is 0 Å². The maximum Gasteiger partial charge on any atom is 0.308 e. The van der Waals surface area contributed by atoms with Crippen molar-refractivity contribution in [3.8, 4) is 11.5 Å². The maximum absolute atomic E-state index is 11.6. The van der Waals surface area contributed by atoms with E-state index in [1.165, 1.54) is 14.2 Å². The second-order valence-electron chi connectivity index (χ2n) is 4.88. The van der Waals surface area contributed by atoms with Crippen LogP contribution >= 0.6 is 0 Å². The van der Waals surface area contributed by atoms with Crippen LogP contribution in [0.4, 0.5) is 0 Å². The van der Waals surface area contributed by atoms with Crippen molar-refractivity contribution in [3.63, 3.8) is 0 Å². The van der Waals surface area contributed by atoms with Gasteiger partial charge in [0.15, 0.2) is 11.5 Å². The molecule has 0 fully saturated rings. The Labute approximate surface area is 135 Å². The Balaban J connectivity index is 2.28. The zero-order valence-corrected chi connectivity index (χ0v) is 13.1. The average Bonchev–Trinajstić information content (AvgIpc) is 2.60. The molecule has 0 saturated carbocycles. The molecule has 0 amide bonds. The normalized spacial score (nSPS) is 12.1. The summed E-state index contributed by atoms with van der Waals surface area (Å²) >= 11 is 0. The summed E-state index contributed by atoms with van der Waals surface area (Å²) in [5.41, 5.74) is 1.42. The van der Waals surface area contributed by atoms with Gasteiger partial charge in [0.25, 0.3) is 0 Å². The fraction of sp³-hybridized carbons (Fsp3) is 0.222. The van der Waals surface area contributed by atoms with Crippen LogP contribution < -0.4 is 4.74 Å². The summed E-state index contributed by atoms with van der Waals surface area (Å²) in [7, 11) is 2.84. The molecule has 0 radical (unpaired) electrons. The van der Waals surface area contributed by atoms with Crippen LogP contribution in [-0.2, 0) is 9.53 Å². The van der Waals surface area contributed by atoms with E-state index in [4.69, 9.17) is 9.47 Å².